The van der Waals surface area contributed by atoms with Crippen LogP contribution in [0, 0.1) is 11.7 Å². The maximum absolute atomic E-state index is 14.1. The molecule has 0 aliphatic rings. The molecule has 0 aliphatic carbocycles. The highest BCUT2D eigenvalue weighted by Crippen LogP contribution is 2.33. The zero-order valence-electron chi connectivity index (χ0n) is 24.0. The average molecular weight is 648 g/mol. The molecule has 3 rings (SSSR count). The van der Waals surface area contributed by atoms with Crippen molar-refractivity contribution in [2.75, 3.05) is 18.8 Å². The molecule has 0 aromatic heterocycles. The zero-order chi connectivity index (χ0) is 31.6. The van der Waals surface area contributed by atoms with E-state index in [0.717, 1.165) is 6.92 Å². The fourth-order valence-electron chi connectivity index (χ4n) is 4.56. The molecule has 0 radical (unpaired) electrons. The van der Waals surface area contributed by atoms with Crippen LogP contribution in [0.4, 0.5) is 4.39 Å². The first-order valence-electron chi connectivity index (χ1n) is 13.8. The maximum atomic E-state index is 14.1. The number of carbonyl (C=O) groups is 3. The number of thiol groups is 1. The van der Waals surface area contributed by atoms with Gasteiger partial charge < -0.3 is 10.2 Å². The number of rotatable bonds is 14. The molecule has 43 heavy (non-hydrogen) atoms. The Morgan fingerprint density at radius 2 is 1.72 bits per heavy atom. The summed E-state index contributed by atoms with van der Waals surface area (Å²) in [6, 6.07) is 17.6. The van der Waals surface area contributed by atoms with Gasteiger partial charge >= 0.3 is 0 Å². The van der Waals surface area contributed by atoms with E-state index in [1.807, 2.05) is 11.6 Å². The van der Waals surface area contributed by atoms with Gasteiger partial charge in [-0.2, -0.15) is 12.6 Å². The monoisotopic (exact) mass is 647 g/mol. The summed E-state index contributed by atoms with van der Waals surface area (Å²) < 4.78 is 41.6. The summed E-state index contributed by atoms with van der Waals surface area (Å²) in [6.07, 6.45) is 1.17. The molecule has 0 saturated carbocycles. The van der Waals surface area contributed by atoms with Crippen molar-refractivity contribution in [2.45, 2.75) is 44.6 Å². The molecule has 3 aromatic rings. The summed E-state index contributed by atoms with van der Waals surface area (Å²) in [5, 5.41) is 3.11. The van der Waals surface area contributed by atoms with Gasteiger partial charge in [-0.3, -0.25) is 14.4 Å². The number of hydrogen-bond acceptors (Lipinski definition) is 6. The van der Waals surface area contributed by atoms with Gasteiger partial charge in [0.05, 0.1) is 10.8 Å². The quantitative estimate of drug-likeness (QED) is 0.213. The van der Waals surface area contributed by atoms with Crippen molar-refractivity contribution in [1.29, 1.82) is 0 Å². The van der Waals surface area contributed by atoms with Crippen LogP contribution in [0.5, 0.6) is 0 Å². The van der Waals surface area contributed by atoms with Crippen LogP contribution < -0.4 is 10.0 Å². The fraction of sp³-hybridized carbons (Fsp3) is 0.323. The van der Waals surface area contributed by atoms with Crippen molar-refractivity contribution < 1.29 is 27.2 Å². The van der Waals surface area contributed by atoms with E-state index in [2.05, 4.69) is 17.9 Å². The summed E-state index contributed by atoms with van der Waals surface area (Å²) >= 11 is 10.9. The zero-order valence-corrected chi connectivity index (χ0v) is 26.4. The Hall–Kier alpha value is -3.41. The van der Waals surface area contributed by atoms with Gasteiger partial charge in [-0.05, 0) is 42.2 Å². The smallest absolute Gasteiger partial charge is 0.264 e. The van der Waals surface area contributed by atoms with Gasteiger partial charge in [0.1, 0.15) is 5.82 Å². The molecule has 0 aliphatic heterocycles. The molecule has 230 valence electrons. The first-order valence-corrected chi connectivity index (χ1v) is 16.3. The molecular weight excluding hydrogens is 613 g/mol. The van der Waals surface area contributed by atoms with E-state index >= 15 is 0 Å². The standard InChI is InChI=1S/C31H35ClFN3O5S2/c1-3-8-30(38)36(16-15-34-31(39)24(20-42)18-23-9-4-6-11-28(23)33)19-22-13-14-25(27(32)17-22)26-10-5-7-12-29(26)43(40,41)35-21(2)37/h4-7,9-14,17,24,42H,3,8,15-16,18-20H2,1-2H3,(H,34,39)(H,35,37). The maximum Gasteiger partial charge on any atom is 0.264 e. The van der Waals surface area contributed by atoms with Crippen molar-refractivity contribution in [3.63, 3.8) is 0 Å². The molecule has 0 spiro atoms. The Balaban J connectivity index is 1.73. The topological polar surface area (TPSA) is 113 Å². The Kier molecular flexibility index (Phi) is 12.6. The summed E-state index contributed by atoms with van der Waals surface area (Å²) in [7, 11) is -4.12. The molecule has 1 atom stereocenters. The third-order valence-electron chi connectivity index (χ3n) is 6.66. The number of amides is 3. The minimum absolute atomic E-state index is 0.0927. The lowest BCUT2D eigenvalue weighted by molar-refractivity contribution is -0.132. The molecule has 3 amide bonds. The van der Waals surface area contributed by atoms with Crippen molar-refractivity contribution in [3.8, 4) is 11.1 Å². The summed E-state index contributed by atoms with van der Waals surface area (Å²) in [6.45, 7) is 3.65. The van der Waals surface area contributed by atoms with Gasteiger partial charge in [0.25, 0.3) is 10.0 Å². The predicted octanol–water partition coefficient (Wildman–Crippen LogP) is 5.00. The number of nitrogens with zero attached hydrogens (tertiary/aromatic N) is 1. The van der Waals surface area contributed by atoms with Crippen LogP contribution >= 0.6 is 24.2 Å². The number of sulfonamides is 1. The van der Waals surface area contributed by atoms with Gasteiger partial charge in [0.2, 0.25) is 17.7 Å². The van der Waals surface area contributed by atoms with E-state index in [4.69, 9.17) is 11.6 Å². The first kappa shape index (κ1) is 34.1. The van der Waals surface area contributed by atoms with Crippen LogP contribution in [-0.2, 0) is 37.4 Å². The van der Waals surface area contributed by atoms with Crippen molar-refractivity contribution in [2.24, 2.45) is 5.92 Å². The number of nitrogens with one attached hydrogen (secondary N) is 2. The second kappa shape index (κ2) is 15.9. The lowest BCUT2D eigenvalue weighted by atomic mass is 9.99. The Morgan fingerprint density at radius 1 is 1.02 bits per heavy atom. The van der Waals surface area contributed by atoms with Crippen LogP contribution in [0.2, 0.25) is 5.02 Å². The lowest BCUT2D eigenvalue weighted by Crippen LogP contribution is -2.40. The Labute approximate surface area is 262 Å². The van der Waals surface area contributed by atoms with Crippen LogP contribution in [0.15, 0.2) is 71.6 Å². The molecule has 0 bridgehead atoms. The van der Waals surface area contributed by atoms with E-state index < -0.39 is 21.8 Å². The van der Waals surface area contributed by atoms with E-state index in [1.165, 1.54) is 12.1 Å². The fourth-order valence-corrected chi connectivity index (χ4v) is 6.37. The van der Waals surface area contributed by atoms with E-state index in [9.17, 15) is 27.2 Å². The Bertz CT molecular complexity index is 1570. The van der Waals surface area contributed by atoms with Crippen LogP contribution in [-0.4, -0.2) is 49.9 Å². The van der Waals surface area contributed by atoms with Crippen LogP contribution in [0.25, 0.3) is 11.1 Å². The minimum Gasteiger partial charge on any atom is -0.354 e. The minimum atomic E-state index is -4.12. The van der Waals surface area contributed by atoms with E-state index in [0.29, 0.717) is 35.1 Å². The number of hydrogen-bond donors (Lipinski definition) is 3. The van der Waals surface area contributed by atoms with Gasteiger partial charge in [-0.25, -0.2) is 17.5 Å². The normalized spacial score (nSPS) is 11.9. The van der Waals surface area contributed by atoms with Crippen molar-refractivity contribution in [3.05, 3.63) is 88.7 Å². The summed E-state index contributed by atoms with van der Waals surface area (Å²) in [5.74, 6) is -1.76. The third-order valence-corrected chi connectivity index (χ3v) is 8.91. The molecular formula is C31H35ClFN3O5S2. The molecule has 0 saturated heterocycles. The van der Waals surface area contributed by atoms with Gasteiger partial charge in [-0.1, -0.05) is 67.1 Å². The number of halogens is 2. The molecule has 8 nitrogen and oxygen atoms in total. The van der Waals surface area contributed by atoms with Crippen LogP contribution in [0.3, 0.4) is 0 Å². The SMILES string of the molecule is CCCC(=O)N(CCNC(=O)C(CS)Cc1ccccc1F)Cc1ccc(-c2ccccc2S(=O)(=O)NC(C)=O)c(Cl)c1. The average Bonchev–Trinajstić information content (AvgIpc) is 2.95. The first-order chi connectivity index (χ1) is 20.5. The second-order valence-electron chi connectivity index (χ2n) is 10.0. The third kappa shape index (κ3) is 9.54. The second-order valence-corrected chi connectivity index (χ2v) is 12.4. The largest absolute Gasteiger partial charge is 0.354 e. The van der Waals surface area contributed by atoms with Gasteiger partial charge in [-0.15, -0.1) is 0 Å². The van der Waals surface area contributed by atoms with Gasteiger partial charge in [0.15, 0.2) is 0 Å². The molecule has 0 heterocycles. The summed E-state index contributed by atoms with van der Waals surface area (Å²) in [4.78, 5) is 38.7. The Morgan fingerprint density at radius 3 is 2.37 bits per heavy atom. The van der Waals surface area contributed by atoms with E-state index in [1.54, 1.807) is 59.5 Å². The lowest BCUT2D eigenvalue weighted by Gasteiger charge is -2.24. The highest BCUT2D eigenvalue weighted by atomic mass is 35.5. The number of carbonyl (C=O) groups excluding carboxylic acids is 3. The molecule has 2 N–H and O–H groups in total. The highest BCUT2D eigenvalue weighted by molar-refractivity contribution is 7.90. The van der Waals surface area contributed by atoms with Gasteiger partial charge in [0, 0.05) is 54.9 Å². The molecule has 1 unspecified atom stereocenters. The van der Waals surface area contributed by atoms with Crippen molar-refractivity contribution >= 4 is 52.0 Å². The summed E-state index contributed by atoms with van der Waals surface area (Å²) in [5.41, 5.74) is 1.91. The molecule has 3 aromatic carbocycles. The predicted molar refractivity (Wildman–Crippen MR) is 169 cm³/mol. The highest BCUT2D eigenvalue weighted by Gasteiger charge is 2.23. The van der Waals surface area contributed by atoms with Crippen molar-refractivity contribution in [1.82, 2.24) is 14.9 Å². The van der Waals surface area contributed by atoms with Crippen LogP contribution in [0.1, 0.15) is 37.8 Å². The molecule has 0 fully saturated rings. The van der Waals surface area contributed by atoms with E-state index in [-0.39, 0.29) is 59.4 Å². The molecule has 12 heteroatoms. The number of benzene rings is 3.